The van der Waals surface area contributed by atoms with Crippen LogP contribution in [0.15, 0.2) is 159 Å². The molecule has 0 bridgehead atoms. The molecule has 1 aliphatic heterocycles. The zero-order valence-corrected chi connectivity index (χ0v) is 32.1. The topological polar surface area (TPSA) is 0 Å². The molecule has 0 amide bonds. The van der Waals surface area contributed by atoms with E-state index in [1.54, 1.807) is 0 Å². The second-order valence-electron chi connectivity index (χ2n) is 10.8. The summed E-state index contributed by atoms with van der Waals surface area (Å²) in [5.41, 5.74) is 7.64. The van der Waals surface area contributed by atoms with Crippen LogP contribution < -0.4 is 0 Å². The summed E-state index contributed by atoms with van der Waals surface area (Å²) in [4.78, 5) is 4.64. The first-order valence-electron chi connectivity index (χ1n) is 15.0. The summed E-state index contributed by atoms with van der Waals surface area (Å²) in [5.74, 6) is 0. The number of hydrogen-bond donors (Lipinski definition) is 0. The zero-order chi connectivity index (χ0) is 30.4. The Hall–Kier alpha value is -2.44. The van der Waals surface area contributed by atoms with Crippen LogP contribution >= 0.6 is 11.6 Å². The second-order valence-corrected chi connectivity index (χ2v) is 19.7. The fourth-order valence-corrected chi connectivity index (χ4v) is 14.8. The molecule has 45 heavy (non-hydrogen) atoms. The van der Waals surface area contributed by atoms with Crippen molar-refractivity contribution in [1.29, 1.82) is 0 Å². The van der Waals surface area contributed by atoms with Crippen molar-refractivity contribution in [3.8, 4) is 18.9 Å². The third-order valence-corrected chi connectivity index (χ3v) is 18.0. The van der Waals surface area contributed by atoms with E-state index in [9.17, 15) is 0 Å². The minimum atomic E-state index is 0.304. The molecule has 0 saturated heterocycles. The summed E-state index contributed by atoms with van der Waals surface area (Å²) < 4.78 is 8.90. The first-order chi connectivity index (χ1) is 22.2. The standard InChI is InChI=1S/C40H30ClSe4/c41-40-32(20-18-28-24-36(30-10-3-1-4-11-30)44-38(26-28)34-16-8-22-42-34)14-7-15-33(40)21-19-29-25-37(31-12-5-2-6-13-31)45-39(27-29)35-17-9-23-43-35/h1-6,8-13,16-27H,7,14-15H2/q+1. The van der Waals surface area contributed by atoms with Gasteiger partial charge in [0.2, 0.25) is 0 Å². The third-order valence-electron chi connectivity index (χ3n) is 7.69. The maximum atomic E-state index is 7.13. The zero-order valence-electron chi connectivity index (χ0n) is 24.5. The van der Waals surface area contributed by atoms with Gasteiger partial charge in [-0.3, -0.25) is 0 Å². The van der Waals surface area contributed by atoms with E-state index < -0.39 is 0 Å². The average molecular weight is 862 g/mol. The fraction of sp³-hybridized carbons (Fsp3) is 0.0750. The molecule has 0 unspecified atom stereocenters. The molecule has 0 fully saturated rings. The molecule has 2 aromatic carbocycles. The Balaban J connectivity index is 1.20. The monoisotopic (exact) mass is 865 g/mol. The van der Waals surface area contributed by atoms with E-state index in [4.69, 9.17) is 11.6 Å². The van der Waals surface area contributed by atoms with Crippen LogP contribution in [0.2, 0.25) is 0 Å². The van der Waals surface area contributed by atoms with Crippen LogP contribution in [0, 0.1) is 0 Å². The van der Waals surface area contributed by atoms with Gasteiger partial charge in [-0.05, 0) is 0 Å². The van der Waals surface area contributed by atoms with Crippen molar-refractivity contribution in [3.63, 3.8) is 0 Å². The van der Waals surface area contributed by atoms with Crippen molar-refractivity contribution in [1.82, 2.24) is 0 Å². The summed E-state index contributed by atoms with van der Waals surface area (Å²) in [5, 5.41) is 0.917. The molecular weight excluding hydrogens is 832 g/mol. The van der Waals surface area contributed by atoms with E-state index >= 15 is 0 Å². The fourth-order valence-electron chi connectivity index (χ4n) is 5.41. The average Bonchev–Trinajstić information content (AvgIpc) is 3.84. The van der Waals surface area contributed by atoms with Gasteiger partial charge in [0.15, 0.2) is 0 Å². The Morgan fingerprint density at radius 3 is 2.07 bits per heavy atom. The first-order valence-corrected chi connectivity index (χ1v) is 22.5. The first kappa shape index (κ1) is 31.2. The van der Waals surface area contributed by atoms with Crippen molar-refractivity contribution in [2.45, 2.75) is 19.3 Å². The number of allylic oxidation sites excluding steroid dienone is 9. The molecule has 0 nitrogen and oxygen atoms in total. The van der Waals surface area contributed by atoms with E-state index in [0.717, 1.165) is 24.3 Å². The SMILES string of the molecule is ClC1=C(/C=C/c2cc(-c3ccccc3)[se+]c(-c3ccc[se]3)c2)CCC/C1=C\C=C1/C=C(c2ccccc2)[Se]C(c2ccc[se]2)=C1. The van der Waals surface area contributed by atoms with Gasteiger partial charge in [-0.2, -0.15) is 0 Å². The van der Waals surface area contributed by atoms with Gasteiger partial charge in [0.05, 0.1) is 0 Å². The van der Waals surface area contributed by atoms with Crippen molar-refractivity contribution >= 4 is 85.1 Å². The van der Waals surface area contributed by atoms with Gasteiger partial charge < -0.3 is 0 Å². The number of benzene rings is 2. The van der Waals surface area contributed by atoms with Crippen LogP contribution in [-0.4, -0.2) is 58.5 Å². The van der Waals surface area contributed by atoms with E-state index in [1.807, 2.05) is 0 Å². The van der Waals surface area contributed by atoms with Crippen LogP contribution in [0.1, 0.15) is 34.8 Å². The molecular formula is C40H30ClSe4+. The molecule has 3 aromatic heterocycles. The summed E-state index contributed by atoms with van der Waals surface area (Å²) >= 11 is 8.61. The van der Waals surface area contributed by atoms with Gasteiger partial charge in [0.1, 0.15) is 0 Å². The van der Waals surface area contributed by atoms with Crippen LogP contribution in [-0.2, 0) is 0 Å². The van der Waals surface area contributed by atoms with Gasteiger partial charge in [-0.1, -0.05) is 0 Å². The normalized spacial score (nSPS) is 17.3. The Bertz CT molecular complexity index is 1970. The van der Waals surface area contributed by atoms with Gasteiger partial charge in [0, 0.05) is 0 Å². The quantitative estimate of drug-likeness (QED) is 0.143. The number of rotatable bonds is 7. The predicted molar refractivity (Wildman–Crippen MR) is 199 cm³/mol. The summed E-state index contributed by atoms with van der Waals surface area (Å²) in [6.07, 6.45) is 17.0. The number of hydrogen-bond acceptors (Lipinski definition) is 0. The molecule has 0 N–H and O–H groups in total. The molecule has 0 spiro atoms. The van der Waals surface area contributed by atoms with Crippen molar-refractivity contribution in [2.24, 2.45) is 0 Å². The Kier molecular flexibility index (Phi) is 10.4. The molecule has 0 atom stereocenters. The summed E-state index contributed by atoms with van der Waals surface area (Å²) in [7, 11) is 0. The maximum absolute atomic E-state index is 7.13. The van der Waals surface area contributed by atoms with Crippen LogP contribution in [0.4, 0.5) is 0 Å². The number of halogens is 1. The Morgan fingerprint density at radius 2 is 1.33 bits per heavy atom. The van der Waals surface area contributed by atoms with E-state index in [1.165, 1.54) is 60.1 Å². The molecule has 0 radical (unpaired) electrons. The molecule has 2 aliphatic rings. The molecule has 4 heterocycles. The van der Waals surface area contributed by atoms with Crippen molar-refractivity contribution < 1.29 is 0 Å². The Morgan fingerprint density at radius 1 is 0.644 bits per heavy atom. The summed E-state index contributed by atoms with van der Waals surface area (Å²) in [6.45, 7) is 0. The Labute approximate surface area is 295 Å². The van der Waals surface area contributed by atoms with E-state index in [2.05, 4.69) is 143 Å². The minimum absolute atomic E-state index is 0.304. The van der Waals surface area contributed by atoms with Crippen LogP contribution in [0.25, 0.3) is 33.9 Å². The van der Waals surface area contributed by atoms with Gasteiger partial charge in [0.25, 0.3) is 0 Å². The second kappa shape index (κ2) is 15.0. The molecule has 5 heteroatoms. The van der Waals surface area contributed by atoms with Gasteiger partial charge in [-0.15, -0.1) is 0 Å². The molecule has 7 rings (SSSR count). The summed E-state index contributed by atoms with van der Waals surface area (Å²) in [6, 6.07) is 35.5. The van der Waals surface area contributed by atoms with Gasteiger partial charge >= 0.3 is 298 Å². The van der Waals surface area contributed by atoms with Crippen LogP contribution in [0.5, 0.6) is 0 Å². The molecule has 220 valence electrons. The van der Waals surface area contributed by atoms with Crippen molar-refractivity contribution in [3.05, 3.63) is 175 Å². The molecule has 1 aliphatic carbocycles. The van der Waals surface area contributed by atoms with Crippen LogP contribution in [0.3, 0.4) is 0 Å². The van der Waals surface area contributed by atoms with Crippen molar-refractivity contribution in [2.75, 3.05) is 0 Å². The van der Waals surface area contributed by atoms with E-state index in [-0.39, 0.29) is 0 Å². The molecule has 5 aromatic rings. The van der Waals surface area contributed by atoms with Gasteiger partial charge in [-0.25, -0.2) is 0 Å². The third kappa shape index (κ3) is 7.76. The van der Waals surface area contributed by atoms with E-state index in [0.29, 0.717) is 58.5 Å². The molecule has 0 saturated carbocycles. The predicted octanol–water partition coefficient (Wildman–Crippen LogP) is 9.82.